The average Bonchev–Trinajstić information content (AvgIpc) is 2.78. The number of hydrogen-bond donors (Lipinski definition) is 0. The first kappa shape index (κ1) is 14.9. The number of rotatable bonds is 1. The predicted octanol–water partition coefficient (Wildman–Crippen LogP) is 4.66. The molecule has 1 saturated heterocycles. The molecule has 2 heteroatoms. The number of cyclic esters (lactones) is 1. The van der Waals surface area contributed by atoms with Crippen LogP contribution in [0, 0.1) is 22.7 Å². The van der Waals surface area contributed by atoms with Crippen molar-refractivity contribution >= 4 is 5.97 Å². The van der Waals surface area contributed by atoms with Gasteiger partial charge in [0.25, 0.3) is 0 Å². The Kier molecular flexibility index (Phi) is 3.54. The van der Waals surface area contributed by atoms with Crippen LogP contribution in [0.2, 0.25) is 0 Å². The van der Waals surface area contributed by atoms with Crippen LogP contribution in [0.5, 0.6) is 0 Å². The van der Waals surface area contributed by atoms with Crippen LogP contribution in [0.15, 0.2) is 23.3 Å². The maximum absolute atomic E-state index is 11.9. The molecule has 116 valence electrons. The van der Waals surface area contributed by atoms with E-state index in [2.05, 4.69) is 39.8 Å². The molecule has 0 aromatic heterocycles. The van der Waals surface area contributed by atoms with Gasteiger partial charge in [0.1, 0.15) is 0 Å². The highest BCUT2D eigenvalue weighted by Gasteiger charge is 2.47. The topological polar surface area (TPSA) is 26.3 Å². The smallest absolute Gasteiger partial charge is 0.310 e. The molecule has 3 atom stereocenters. The van der Waals surface area contributed by atoms with Crippen LogP contribution in [0.4, 0.5) is 0 Å². The second kappa shape index (κ2) is 5.00. The summed E-state index contributed by atoms with van der Waals surface area (Å²) >= 11 is 0. The molecule has 1 aliphatic heterocycles. The first-order chi connectivity index (χ1) is 9.86. The average molecular weight is 288 g/mol. The van der Waals surface area contributed by atoms with Gasteiger partial charge in [0.2, 0.25) is 0 Å². The Morgan fingerprint density at radius 1 is 1.24 bits per heavy atom. The molecule has 0 N–H and O–H groups in total. The van der Waals surface area contributed by atoms with E-state index in [1.165, 1.54) is 36.8 Å². The van der Waals surface area contributed by atoms with Gasteiger partial charge < -0.3 is 4.74 Å². The molecule has 1 heterocycles. The first-order valence-electron chi connectivity index (χ1n) is 8.40. The van der Waals surface area contributed by atoms with Gasteiger partial charge >= 0.3 is 5.97 Å². The summed E-state index contributed by atoms with van der Waals surface area (Å²) in [6, 6.07) is 0. The Morgan fingerprint density at radius 2 is 2.00 bits per heavy atom. The number of ether oxygens (including phenoxy) is 1. The number of allylic oxidation sites excluding steroid dienone is 3. The van der Waals surface area contributed by atoms with Gasteiger partial charge in [0.05, 0.1) is 12.5 Å². The zero-order valence-electron chi connectivity index (χ0n) is 13.9. The van der Waals surface area contributed by atoms with Gasteiger partial charge in [-0.3, -0.25) is 4.79 Å². The summed E-state index contributed by atoms with van der Waals surface area (Å²) in [5.41, 5.74) is 3.58. The minimum absolute atomic E-state index is 0.00350. The lowest BCUT2D eigenvalue weighted by molar-refractivity contribution is -0.141. The van der Waals surface area contributed by atoms with Gasteiger partial charge in [0, 0.05) is 5.92 Å². The molecular formula is C19H28O2. The molecule has 0 aromatic carbocycles. The van der Waals surface area contributed by atoms with E-state index in [0.29, 0.717) is 17.9 Å². The van der Waals surface area contributed by atoms with Crippen LogP contribution in [-0.4, -0.2) is 12.6 Å². The van der Waals surface area contributed by atoms with Crippen molar-refractivity contribution in [2.24, 2.45) is 22.7 Å². The molecule has 2 aliphatic carbocycles. The minimum atomic E-state index is 0.00350. The monoisotopic (exact) mass is 288 g/mol. The number of hydrogen-bond acceptors (Lipinski definition) is 2. The fraction of sp³-hybridized carbons (Fsp3) is 0.737. The Labute approximate surface area is 128 Å². The van der Waals surface area contributed by atoms with E-state index in [1.54, 1.807) is 0 Å². The summed E-state index contributed by atoms with van der Waals surface area (Å²) in [6.45, 7) is 9.93. The van der Waals surface area contributed by atoms with Crippen LogP contribution >= 0.6 is 0 Å². The van der Waals surface area contributed by atoms with Crippen molar-refractivity contribution in [1.82, 2.24) is 0 Å². The van der Waals surface area contributed by atoms with Gasteiger partial charge in [-0.1, -0.05) is 39.3 Å². The van der Waals surface area contributed by atoms with Crippen molar-refractivity contribution in [3.63, 3.8) is 0 Å². The highest BCUT2D eigenvalue weighted by Crippen LogP contribution is 2.55. The molecule has 0 bridgehead atoms. The summed E-state index contributed by atoms with van der Waals surface area (Å²) in [7, 11) is 0. The van der Waals surface area contributed by atoms with Crippen molar-refractivity contribution in [2.45, 2.75) is 59.8 Å². The molecule has 3 rings (SSSR count). The fourth-order valence-electron chi connectivity index (χ4n) is 5.07. The largest absolute Gasteiger partial charge is 0.465 e. The summed E-state index contributed by atoms with van der Waals surface area (Å²) in [5.74, 6) is 0.369. The number of carbonyl (C=O) groups excluding carboxylic acids is 1. The summed E-state index contributed by atoms with van der Waals surface area (Å²) in [6.07, 6.45) is 10.6. The molecule has 3 unspecified atom stereocenters. The van der Waals surface area contributed by atoms with Gasteiger partial charge in [-0.15, -0.1) is 0 Å². The molecule has 2 nitrogen and oxygen atoms in total. The summed E-state index contributed by atoms with van der Waals surface area (Å²) in [4.78, 5) is 11.9. The fourth-order valence-corrected chi connectivity index (χ4v) is 5.07. The van der Waals surface area contributed by atoms with Crippen LogP contribution in [0.1, 0.15) is 59.8 Å². The first-order valence-corrected chi connectivity index (χ1v) is 8.40. The molecule has 21 heavy (non-hydrogen) atoms. The standard InChI is InChI=1S/C19H28O2/c1-5-13-15-11-21-17(20)14(15)7-8-16(13)19(4)10-6-9-18(2,3)12-19/h5,8,14-15H,6-7,9-12H2,1-4H3. The lowest BCUT2D eigenvalue weighted by atomic mass is 9.58. The second-order valence-electron chi connectivity index (χ2n) is 8.20. The third-order valence-electron chi connectivity index (χ3n) is 5.89. The van der Waals surface area contributed by atoms with Crippen LogP contribution in [-0.2, 0) is 9.53 Å². The van der Waals surface area contributed by atoms with Crippen LogP contribution in [0.25, 0.3) is 0 Å². The van der Waals surface area contributed by atoms with Crippen LogP contribution < -0.4 is 0 Å². The molecule has 2 fully saturated rings. The van der Waals surface area contributed by atoms with Crippen molar-refractivity contribution in [1.29, 1.82) is 0 Å². The van der Waals surface area contributed by atoms with Crippen molar-refractivity contribution in [3.8, 4) is 0 Å². The lowest BCUT2D eigenvalue weighted by Gasteiger charge is -2.47. The van der Waals surface area contributed by atoms with E-state index < -0.39 is 0 Å². The predicted molar refractivity (Wildman–Crippen MR) is 84.8 cm³/mol. The highest BCUT2D eigenvalue weighted by atomic mass is 16.5. The molecule has 0 amide bonds. The third-order valence-corrected chi connectivity index (χ3v) is 5.89. The van der Waals surface area contributed by atoms with Crippen molar-refractivity contribution < 1.29 is 9.53 Å². The maximum atomic E-state index is 11.9. The van der Waals surface area contributed by atoms with Gasteiger partial charge in [0.15, 0.2) is 0 Å². The molecule has 0 spiro atoms. The minimum Gasteiger partial charge on any atom is -0.465 e. The van der Waals surface area contributed by atoms with Crippen molar-refractivity contribution in [2.75, 3.05) is 6.61 Å². The second-order valence-corrected chi connectivity index (χ2v) is 8.20. The van der Waals surface area contributed by atoms with Crippen LogP contribution in [0.3, 0.4) is 0 Å². The number of esters is 1. The van der Waals surface area contributed by atoms with E-state index >= 15 is 0 Å². The zero-order chi connectivity index (χ0) is 15.3. The van der Waals surface area contributed by atoms with E-state index in [0.717, 1.165) is 6.42 Å². The molecular weight excluding hydrogens is 260 g/mol. The molecule has 0 radical (unpaired) electrons. The number of carbonyl (C=O) groups is 1. The molecule has 1 saturated carbocycles. The van der Waals surface area contributed by atoms with Gasteiger partial charge in [-0.05, 0) is 54.6 Å². The third kappa shape index (κ3) is 2.47. The normalized spacial score (nSPS) is 40.7. The van der Waals surface area contributed by atoms with E-state index in [4.69, 9.17) is 4.74 Å². The molecule has 0 aromatic rings. The van der Waals surface area contributed by atoms with E-state index in [9.17, 15) is 4.79 Å². The molecule has 3 aliphatic rings. The van der Waals surface area contributed by atoms with E-state index in [-0.39, 0.29) is 17.3 Å². The van der Waals surface area contributed by atoms with Crippen molar-refractivity contribution in [3.05, 3.63) is 23.3 Å². The summed E-state index contributed by atoms with van der Waals surface area (Å²) in [5, 5.41) is 0. The van der Waals surface area contributed by atoms with Gasteiger partial charge in [-0.2, -0.15) is 0 Å². The number of fused-ring (bicyclic) bond motifs is 1. The Hall–Kier alpha value is -1.05. The highest BCUT2D eigenvalue weighted by molar-refractivity contribution is 5.77. The van der Waals surface area contributed by atoms with Gasteiger partial charge in [-0.25, -0.2) is 0 Å². The summed E-state index contributed by atoms with van der Waals surface area (Å²) < 4.78 is 5.33. The Bertz CT molecular complexity index is 512. The maximum Gasteiger partial charge on any atom is 0.310 e. The SMILES string of the molecule is CC=C1C(C2(C)CCCC(C)(C)C2)=CCC2C(=O)OCC12. The van der Waals surface area contributed by atoms with E-state index in [1.807, 2.05) is 0 Å². The lowest BCUT2D eigenvalue weighted by Crippen LogP contribution is -2.36. The zero-order valence-corrected chi connectivity index (χ0v) is 13.9. The quantitative estimate of drug-likeness (QED) is 0.656. The Morgan fingerprint density at radius 3 is 2.67 bits per heavy atom. The Balaban J connectivity index is 1.94.